The Balaban J connectivity index is 2.13. The summed E-state index contributed by atoms with van der Waals surface area (Å²) in [6, 6.07) is 8.08. The van der Waals surface area contributed by atoms with Crippen molar-refractivity contribution >= 4 is 17.2 Å². The number of nitrogens with two attached hydrogens (primary N) is 1. The van der Waals surface area contributed by atoms with Crippen LogP contribution in [0.4, 0.5) is 17.2 Å². The number of H-pyrrole nitrogens is 1. The summed E-state index contributed by atoms with van der Waals surface area (Å²) in [5.74, 6) is 0.540. The molecule has 0 atom stereocenters. The van der Waals surface area contributed by atoms with Gasteiger partial charge in [0.25, 0.3) is 5.56 Å². The first-order valence-electron chi connectivity index (χ1n) is 5.46. The Morgan fingerprint density at radius 2 is 2.18 bits per heavy atom. The minimum Gasteiger partial charge on any atom is -0.391 e. The predicted octanol–water partition coefficient (Wildman–Crippen LogP) is 1.05. The Morgan fingerprint density at radius 1 is 1.35 bits per heavy atom. The molecule has 2 aromatic rings. The molecule has 3 rings (SSSR count). The summed E-state index contributed by atoms with van der Waals surface area (Å²) in [4.78, 5) is 20.1. The van der Waals surface area contributed by atoms with Crippen LogP contribution in [0.1, 0.15) is 5.56 Å². The molecule has 0 unspecified atom stereocenters. The van der Waals surface area contributed by atoms with Crippen LogP contribution >= 0.6 is 0 Å². The van der Waals surface area contributed by atoms with Gasteiger partial charge in [0.05, 0.1) is 6.33 Å². The average Bonchev–Trinajstić information content (AvgIpc) is 2.77. The highest BCUT2D eigenvalue weighted by atomic mass is 16.1. The molecule has 17 heavy (non-hydrogen) atoms. The van der Waals surface area contributed by atoms with Crippen molar-refractivity contribution in [1.29, 1.82) is 0 Å². The topological polar surface area (TPSA) is 75.0 Å². The number of hydrogen-bond donors (Lipinski definition) is 2. The number of benzene rings is 1. The summed E-state index contributed by atoms with van der Waals surface area (Å²) in [5.41, 5.74) is 7.99. The van der Waals surface area contributed by atoms with E-state index in [1.807, 2.05) is 23.1 Å². The third-order valence-electron chi connectivity index (χ3n) is 3.01. The van der Waals surface area contributed by atoms with Gasteiger partial charge in [-0.25, -0.2) is 4.98 Å². The van der Waals surface area contributed by atoms with Gasteiger partial charge in [-0.2, -0.15) is 0 Å². The summed E-state index contributed by atoms with van der Waals surface area (Å²) < 4.78 is 0. The molecule has 0 aliphatic carbocycles. The smallest absolute Gasteiger partial charge is 0.276 e. The minimum atomic E-state index is -0.292. The second-order valence-corrected chi connectivity index (χ2v) is 4.00. The van der Waals surface area contributed by atoms with Gasteiger partial charge in [0.2, 0.25) is 0 Å². The number of aromatic amines is 1. The first-order valence-corrected chi connectivity index (χ1v) is 5.46. The Labute approximate surface area is 97.9 Å². The van der Waals surface area contributed by atoms with Gasteiger partial charge in [0.1, 0.15) is 5.69 Å². The van der Waals surface area contributed by atoms with E-state index in [0.29, 0.717) is 5.82 Å². The zero-order chi connectivity index (χ0) is 11.8. The van der Waals surface area contributed by atoms with Crippen molar-refractivity contribution in [2.75, 3.05) is 17.2 Å². The Kier molecular flexibility index (Phi) is 2.11. The number of fused-ring (bicyclic) bond motifs is 1. The fraction of sp³-hybridized carbons (Fsp3) is 0.167. The van der Waals surface area contributed by atoms with Gasteiger partial charge in [-0.15, -0.1) is 0 Å². The number of para-hydroxylation sites is 1. The van der Waals surface area contributed by atoms with Gasteiger partial charge >= 0.3 is 0 Å². The number of aromatic nitrogens is 2. The third kappa shape index (κ3) is 1.47. The maximum Gasteiger partial charge on any atom is 0.276 e. The van der Waals surface area contributed by atoms with Crippen molar-refractivity contribution < 1.29 is 0 Å². The molecule has 0 amide bonds. The van der Waals surface area contributed by atoms with Crippen LogP contribution in [-0.2, 0) is 6.42 Å². The van der Waals surface area contributed by atoms with Crippen molar-refractivity contribution in [2.45, 2.75) is 6.42 Å². The molecule has 0 saturated heterocycles. The summed E-state index contributed by atoms with van der Waals surface area (Å²) in [5, 5.41) is 0. The fourth-order valence-electron chi connectivity index (χ4n) is 2.17. The van der Waals surface area contributed by atoms with E-state index < -0.39 is 0 Å². The Hall–Kier alpha value is -2.30. The summed E-state index contributed by atoms with van der Waals surface area (Å²) in [6.07, 6.45) is 2.33. The first kappa shape index (κ1) is 9.89. The van der Waals surface area contributed by atoms with Gasteiger partial charge in [0.15, 0.2) is 5.82 Å². The lowest BCUT2D eigenvalue weighted by Gasteiger charge is -2.18. The highest BCUT2D eigenvalue weighted by Crippen LogP contribution is 2.34. The number of nitrogens with zero attached hydrogens (tertiary/aromatic N) is 2. The van der Waals surface area contributed by atoms with Crippen LogP contribution < -0.4 is 16.2 Å². The highest BCUT2D eigenvalue weighted by Gasteiger charge is 2.23. The monoisotopic (exact) mass is 228 g/mol. The average molecular weight is 228 g/mol. The summed E-state index contributed by atoms with van der Waals surface area (Å²) in [7, 11) is 0. The molecule has 0 bridgehead atoms. The van der Waals surface area contributed by atoms with Crippen LogP contribution in [-0.4, -0.2) is 16.5 Å². The number of nitrogens with one attached hydrogen (secondary N) is 1. The maximum atomic E-state index is 11.5. The highest BCUT2D eigenvalue weighted by molar-refractivity contribution is 5.74. The second kappa shape index (κ2) is 3.62. The largest absolute Gasteiger partial charge is 0.391 e. The van der Waals surface area contributed by atoms with Crippen LogP contribution in [0, 0.1) is 0 Å². The van der Waals surface area contributed by atoms with Crippen LogP contribution in [0.15, 0.2) is 35.4 Å². The summed E-state index contributed by atoms with van der Waals surface area (Å²) in [6.45, 7) is 0.806. The molecule has 1 aromatic carbocycles. The first-order chi connectivity index (χ1) is 8.27. The zero-order valence-corrected chi connectivity index (χ0v) is 9.18. The Bertz CT molecular complexity index is 620. The lowest BCUT2D eigenvalue weighted by Crippen LogP contribution is -2.22. The van der Waals surface area contributed by atoms with E-state index in [9.17, 15) is 4.79 Å². The van der Waals surface area contributed by atoms with Crippen LogP contribution in [0.3, 0.4) is 0 Å². The van der Waals surface area contributed by atoms with E-state index in [2.05, 4.69) is 16.0 Å². The number of rotatable bonds is 1. The van der Waals surface area contributed by atoms with Crippen LogP contribution in [0.2, 0.25) is 0 Å². The van der Waals surface area contributed by atoms with Gasteiger partial charge in [-0.3, -0.25) is 4.79 Å². The second-order valence-electron chi connectivity index (χ2n) is 4.00. The van der Waals surface area contributed by atoms with E-state index >= 15 is 0 Å². The third-order valence-corrected chi connectivity index (χ3v) is 3.01. The normalized spacial score (nSPS) is 13.8. The lowest BCUT2D eigenvalue weighted by molar-refractivity contribution is 0.961. The van der Waals surface area contributed by atoms with Crippen LogP contribution in [0.25, 0.3) is 0 Å². The van der Waals surface area contributed by atoms with E-state index in [0.717, 1.165) is 18.7 Å². The molecule has 1 aromatic heterocycles. The van der Waals surface area contributed by atoms with Gasteiger partial charge in [-0.05, 0) is 18.1 Å². The Morgan fingerprint density at radius 3 is 3.06 bits per heavy atom. The van der Waals surface area contributed by atoms with Crippen molar-refractivity contribution in [3.05, 3.63) is 46.5 Å². The fourth-order valence-corrected chi connectivity index (χ4v) is 2.17. The van der Waals surface area contributed by atoms with Gasteiger partial charge < -0.3 is 15.6 Å². The van der Waals surface area contributed by atoms with E-state index in [4.69, 9.17) is 5.73 Å². The standard InChI is InChI=1S/C12H12N4O/c13-10-11(14-7-15-12(10)17)16-6-5-8-3-1-2-4-9(8)16/h1-4,7H,5-6,13H2,(H,14,15,17). The molecular formula is C12H12N4O. The minimum absolute atomic E-state index is 0.171. The number of nitrogen functional groups attached to an aromatic ring is 1. The van der Waals surface area contributed by atoms with E-state index in [-0.39, 0.29) is 11.2 Å². The zero-order valence-electron chi connectivity index (χ0n) is 9.18. The molecule has 1 aliphatic heterocycles. The quantitative estimate of drug-likeness (QED) is 0.765. The van der Waals surface area contributed by atoms with Gasteiger partial charge in [-0.1, -0.05) is 18.2 Å². The number of anilines is 3. The molecule has 5 heteroatoms. The van der Waals surface area contributed by atoms with Crippen molar-refractivity contribution in [2.24, 2.45) is 0 Å². The molecule has 86 valence electrons. The number of hydrogen-bond acceptors (Lipinski definition) is 4. The van der Waals surface area contributed by atoms with Crippen LogP contribution in [0.5, 0.6) is 0 Å². The molecule has 1 aliphatic rings. The molecule has 0 saturated carbocycles. The molecule has 2 heterocycles. The van der Waals surface area contributed by atoms with Crippen molar-refractivity contribution in [3.8, 4) is 0 Å². The van der Waals surface area contributed by atoms with Crippen molar-refractivity contribution in [1.82, 2.24) is 9.97 Å². The molecule has 3 N–H and O–H groups in total. The molecule has 0 fully saturated rings. The SMILES string of the molecule is Nc1c(N2CCc3ccccc32)nc[nH]c1=O. The summed E-state index contributed by atoms with van der Waals surface area (Å²) >= 11 is 0. The van der Waals surface area contributed by atoms with Gasteiger partial charge in [0, 0.05) is 12.2 Å². The molecule has 5 nitrogen and oxygen atoms in total. The van der Waals surface area contributed by atoms with Crippen molar-refractivity contribution in [3.63, 3.8) is 0 Å². The van der Waals surface area contributed by atoms with E-state index in [1.54, 1.807) is 0 Å². The lowest BCUT2D eigenvalue weighted by atomic mass is 10.2. The predicted molar refractivity (Wildman–Crippen MR) is 66.4 cm³/mol. The molecule has 0 spiro atoms. The maximum absolute atomic E-state index is 11.5. The molecule has 0 radical (unpaired) electrons. The molecular weight excluding hydrogens is 216 g/mol. The van der Waals surface area contributed by atoms with E-state index in [1.165, 1.54) is 11.9 Å².